The summed E-state index contributed by atoms with van der Waals surface area (Å²) in [4.78, 5) is 13.3. The first kappa shape index (κ1) is 18.0. The minimum Gasteiger partial charge on any atom is -0.385 e. The van der Waals surface area contributed by atoms with Gasteiger partial charge < -0.3 is 10.0 Å². The number of aromatic nitrogens is 4. The van der Waals surface area contributed by atoms with Gasteiger partial charge in [0.25, 0.3) is 0 Å². The summed E-state index contributed by atoms with van der Waals surface area (Å²) in [5, 5.41) is 14.9. The van der Waals surface area contributed by atoms with Crippen molar-refractivity contribution in [2.45, 2.75) is 45.5 Å². The van der Waals surface area contributed by atoms with Crippen molar-refractivity contribution >= 4 is 0 Å². The minimum atomic E-state index is -0.545. The van der Waals surface area contributed by atoms with Crippen LogP contribution in [0, 0.1) is 0 Å². The summed E-state index contributed by atoms with van der Waals surface area (Å²) in [5.41, 5.74) is 2.99. The fraction of sp³-hybridized carbons (Fsp3) is 0.611. The monoisotopic (exact) mass is 344 g/mol. The first-order chi connectivity index (χ1) is 12.0. The van der Waals surface area contributed by atoms with Gasteiger partial charge in [-0.25, -0.2) is 9.97 Å². The van der Waals surface area contributed by atoms with E-state index in [2.05, 4.69) is 26.9 Å². The molecule has 3 rings (SSSR count). The number of rotatable bonds is 6. The van der Waals surface area contributed by atoms with Gasteiger partial charge in [0.05, 0.1) is 17.1 Å². The molecule has 7 heteroatoms. The molecule has 0 aliphatic carbocycles. The lowest BCUT2D eigenvalue weighted by molar-refractivity contribution is 0.133. The van der Waals surface area contributed by atoms with Crippen LogP contribution in [0.1, 0.15) is 42.4 Å². The van der Waals surface area contributed by atoms with Gasteiger partial charge in [0.1, 0.15) is 11.9 Å². The third kappa shape index (κ3) is 4.62. The lowest BCUT2D eigenvalue weighted by Gasteiger charge is -2.19. The van der Waals surface area contributed by atoms with Crippen LogP contribution in [0.3, 0.4) is 0 Å². The molecule has 3 heterocycles. The van der Waals surface area contributed by atoms with Crippen LogP contribution >= 0.6 is 0 Å². The van der Waals surface area contributed by atoms with E-state index in [0.29, 0.717) is 6.54 Å². The van der Waals surface area contributed by atoms with Gasteiger partial charge in [-0.1, -0.05) is 6.92 Å². The van der Waals surface area contributed by atoms with E-state index in [1.54, 1.807) is 0 Å². The second-order valence-electron chi connectivity index (χ2n) is 6.94. The highest BCUT2D eigenvalue weighted by Crippen LogP contribution is 2.19. The molecule has 0 bridgehead atoms. The molecule has 0 saturated carbocycles. The van der Waals surface area contributed by atoms with Crippen LogP contribution in [0.2, 0.25) is 0 Å². The Kier molecular flexibility index (Phi) is 5.78. The zero-order valence-corrected chi connectivity index (χ0v) is 15.4. The van der Waals surface area contributed by atoms with Gasteiger partial charge in [-0.05, 0) is 32.6 Å². The Bertz CT molecular complexity index is 699. The molecule has 7 nitrogen and oxygen atoms in total. The summed E-state index contributed by atoms with van der Waals surface area (Å²) in [6, 6.07) is 4.04. The molecule has 0 saturated heterocycles. The number of hydrogen-bond donors (Lipinski definition) is 1. The summed E-state index contributed by atoms with van der Waals surface area (Å²) in [5.74, 6) is 0.895. The third-order valence-corrected chi connectivity index (χ3v) is 4.46. The van der Waals surface area contributed by atoms with Gasteiger partial charge in [0.15, 0.2) is 0 Å². The molecule has 25 heavy (non-hydrogen) atoms. The molecule has 0 radical (unpaired) electrons. The summed E-state index contributed by atoms with van der Waals surface area (Å²) < 4.78 is 2.05. The van der Waals surface area contributed by atoms with Crippen LogP contribution in [0.15, 0.2) is 18.3 Å². The predicted octanol–water partition coefficient (Wildman–Crippen LogP) is 1.24. The largest absolute Gasteiger partial charge is 0.385 e. The molecular formula is C18H28N6O. The van der Waals surface area contributed by atoms with E-state index in [0.717, 1.165) is 61.9 Å². The Balaban J connectivity index is 1.71. The Morgan fingerprint density at radius 3 is 2.92 bits per heavy atom. The van der Waals surface area contributed by atoms with E-state index in [9.17, 15) is 5.11 Å². The zero-order valence-electron chi connectivity index (χ0n) is 15.4. The molecular weight excluding hydrogens is 316 g/mol. The van der Waals surface area contributed by atoms with Crippen molar-refractivity contribution in [3.05, 3.63) is 41.2 Å². The predicted molar refractivity (Wildman–Crippen MR) is 95.9 cm³/mol. The molecule has 1 aliphatic rings. The first-order valence-corrected chi connectivity index (χ1v) is 8.97. The molecule has 1 N–H and O–H groups in total. The quantitative estimate of drug-likeness (QED) is 0.850. The highest BCUT2D eigenvalue weighted by Gasteiger charge is 2.20. The number of aliphatic hydroxyl groups is 1. The van der Waals surface area contributed by atoms with Crippen molar-refractivity contribution in [2.75, 3.05) is 27.2 Å². The van der Waals surface area contributed by atoms with Crippen molar-refractivity contribution < 1.29 is 5.11 Å². The highest BCUT2D eigenvalue weighted by atomic mass is 16.3. The van der Waals surface area contributed by atoms with E-state index < -0.39 is 6.10 Å². The molecule has 0 fully saturated rings. The van der Waals surface area contributed by atoms with E-state index in [-0.39, 0.29) is 0 Å². The fourth-order valence-electron chi connectivity index (χ4n) is 3.22. The first-order valence-electron chi connectivity index (χ1n) is 8.97. The molecule has 1 aliphatic heterocycles. The molecule has 1 atom stereocenters. The van der Waals surface area contributed by atoms with Crippen LogP contribution < -0.4 is 0 Å². The smallest absolute Gasteiger partial charge is 0.128 e. The highest BCUT2D eigenvalue weighted by molar-refractivity contribution is 5.14. The van der Waals surface area contributed by atoms with Crippen LogP contribution in [-0.2, 0) is 26.1 Å². The van der Waals surface area contributed by atoms with Crippen molar-refractivity contribution in [2.24, 2.45) is 0 Å². The number of likely N-dealkylation sites (N-methyl/N-ethyl adjacent to an activating group) is 1. The molecule has 0 spiro atoms. The van der Waals surface area contributed by atoms with Crippen molar-refractivity contribution in [3.8, 4) is 0 Å². The number of fused-ring (bicyclic) bond motifs is 1. The summed E-state index contributed by atoms with van der Waals surface area (Å²) in [7, 11) is 3.91. The number of nitrogens with zero attached hydrogens (tertiary/aromatic N) is 6. The lowest BCUT2D eigenvalue weighted by atomic mass is 10.2. The molecule has 136 valence electrons. The van der Waals surface area contributed by atoms with Crippen molar-refractivity contribution in [3.63, 3.8) is 0 Å². The van der Waals surface area contributed by atoms with Gasteiger partial charge in [0.2, 0.25) is 0 Å². The molecule has 0 unspecified atom stereocenters. The van der Waals surface area contributed by atoms with Crippen LogP contribution in [0.5, 0.6) is 0 Å². The Morgan fingerprint density at radius 2 is 2.16 bits per heavy atom. The van der Waals surface area contributed by atoms with E-state index >= 15 is 0 Å². The summed E-state index contributed by atoms with van der Waals surface area (Å²) in [6.45, 7) is 6.21. The topological polar surface area (TPSA) is 70.3 Å². The van der Waals surface area contributed by atoms with Gasteiger partial charge >= 0.3 is 0 Å². The van der Waals surface area contributed by atoms with E-state index in [1.807, 2.05) is 42.0 Å². The molecule has 0 aromatic carbocycles. The Morgan fingerprint density at radius 1 is 1.32 bits per heavy atom. The van der Waals surface area contributed by atoms with Crippen molar-refractivity contribution in [1.29, 1.82) is 0 Å². The average molecular weight is 344 g/mol. The molecule has 2 aromatic rings. The maximum Gasteiger partial charge on any atom is 0.128 e. The Labute approximate surface area is 149 Å². The standard InChI is InChI=1S/C18H28N6O/c1-4-18-19-7-6-14(20-18)11-23-8-5-9-24-15(12-23)10-16(21-24)17(25)13-22(2)3/h6-7,10,17,25H,4-5,8-9,11-13H2,1-3H3/t17-/m0/s1. The second-order valence-corrected chi connectivity index (χ2v) is 6.94. The SMILES string of the molecule is CCc1nccc(CN2CCCn3nc([C@@H](O)CN(C)C)cc3C2)n1. The molecule has 2 aromatic heterocycles. The maximum absolute atomic E-state index is 10.3. The summed E-state index contributed by atoms with van der Waals surface area (Å²) in [6.07, 6.45) is 3.20. The van der Waals surface area contributed by atoms with E-state index in [4.69, 9.17) is 0 Å². The molecule has 0 amide bonds. The van der Waals surface area contributed by atoms with Crippen molar-refractivity contribution in [1.82, 2.24) is 29.5 Å². The minimum absolute atomic E-state index is 0.545. The number of hydrogen-bond acceptors (Lipinski definition) is 6. The van der Waals surface area contributed by atoms with E-state index in [1.165, 1.54) is 0 Å². The lowest BCUT2D eigenvalue weighted by Crippen LogP contribution is -2.23. The van der Waals surface area contributed by atoms with Crippen LogP contribution in [0.4, 0.5) is 0 Å². The maximum atomic E-state index is 10.3. The Hall–Kier alpha value is -1.83. The van der Waals surface area contributed by atoms with Crippen LogP contribution in [0.25, 0.3) is 0 Å². The third-order valence-electron chi connectivity index (χ3n) is 4.46. The summed E-state index contributed by atoms with van der Waals surface area (Å²) >= 11 is 0. The van der Waals surface area contributed by atoms with Gasteiger partial charge in [-0.2, -0.15) is 5.10 Å². The number of aliphatic hydroxyl groups excluding tert-OH is 1. The zero-order chi connectivity index (χ0) is 17.8. The normalized spacial score (nSPS) is 16.7. The fourth-order valence-corrected chi connectivity index (χ4v) is 3.22. The number of aryl methyl sites for hydroxylation is 2. The van der Waals surface area contributed by atoms with Crippen LogP contribution in [-0.4, -0.2) is 61.8 Å². The van der Waals surface area contributed by atoms with Gasteiger partial charge in [0, 0.05) is 45.3 Å². The average Bonchev–Trinajstić information content (AvgIpc) is 2.88. The van der Waals surface area contributed by atoms with Gasteiger partial charge in [-0.15, -0.1) is 0 Å². The van der Waals surface area contributed by atoms with Gasteiger partial charge in [-0.3, -0.25) is 9.58 Å². The second kappa shape index (κ2) is 8.03.